The monoisotopic (exact) mass is 322 g/mol. The van der Waals surface area contributed by atoms with Gasteiger partial charge in [0.25, 0.3) is 0 Å². The quantitative estimate of drug-likeness (QED) is 0.800. The van der Waals surface area contributed by atoms with Crippen LogP contribution in [0.15, 0.2) is 36.7 Å². The minimum atomic E-state index is 0.505. The molecule has 0 spiro atoms. The first-order chi connectivity index (χ1) is 10.2. The fraction of sp³-hybridized carbons (Fsp3) is 0.412. The molecule has 0 radical (unpaired) electrons. The van der Waals surface area contributed by atoms with Gasteiger partial charge in [-0.25, -0.2) is 0 Å². The summed E-state index contributed by atoms with van der Waals surface area (Å²) in [6.07, 6.45) is 7.07. The molecule has 112 valence electrons. The van der Waals surface area contributed by atoms with Gasteiger partial charge in [0.15, 0.2) is 0 Å². The third kappa shape index (κ3) is 3.63. The third-order valence-electron chi connectivity index (χ3n) is 4.00. The first-order valence-corrected chi connectivity index (χ1v) is 8.26. The number of nitrogens with one attached hydrogen (secondary N) is 1. The molecule has 2 aromatic rings. The van der Waals surface area contributed by atoms with E-state index in [1.807, 2.05) is 18.2 Å². The zero-order chi connectivity index (χ0) is 14.8. The van der Waals surface area contributed by atoms with E-state index in [0.29, 0.717) is 16.1 Å². The van der Waals surface area contributed by atoms with Crippen LogP contribution >= 0.6 is 23.2 Å². The topological polar surface area (TPSA) is 17.0 Å². The molecule has 1 heterocycles. The van der Waals surface area contributed by atoms with Crippen LogP contribution in [-0.4, -0.2) is 11.1 Å². The number of halogens is 2. The van der Waals surface area contributed by atoms with Gasteiger partial charge in [-0.05, 0) is 54.6 Å². The van der Waals surface area contributed by atoms with E-state index in [-0.39, 0.29) is 0 Å². The molecule has 21 heavy (non-hydrogen) atoms. The van der Waals surface area contributed by atoms with Crippen LogP contribution in [0.5, 0.6) is 0 Å². The van der Waals surface area contributed by atoms with E-state index in [1.165, 1.54) is 18.4 Å². The fourth-order valence-electron chi connectivity index (χ4n) is 2.80. The summed E-state index contributed by atoms with van der Waals surface area (Å²) in [7, 11) is 0. The molecule has 1 atom stereocenters. The summed E-state index contributed by atoms with van der Waals surface area (Å²) >= 11 is 12.0. The zero-order valence-corrected chi connectivity index (χ0v) is 13.7. The molecule has 1 fully saturated rings. The normalized spacial score (nSPS) is 16.1. The summed E-state index contributed by atoms with van der Waals surface area (Å²) in [4.78, 5) is 0. The minimum absolute atomic E-state index is 0.505. The molecule has 1 N–H and O–H groups in total. The van der Waals surface area contributed by atoms with Crippen molar-refractivity contribution in [2.75, 3.05) is 6.54 Å². The Morgan fingerprint density at radius 2 is 2.05 bits per heavy atom. The van der Waals surface area contributed by atoms with Gasteiger partial charge < -0.3 is 9.88 Å². The highest BCUT2D eigenvalue weighted by molar-refractivity contribution is 6.42. The molecule has 4 heteroatoms. The van der Waals surface area contributed by atoms with Crippen molar-refractivity contribution in [2.24, 2.45) is 5.92 Å². The van der Waals surface area contributed by atoms with E-state index in [4.69, 9.17) is 23.2 Å². The Bertz CT molecular complexity index is 617. The molecule has 1 aromatic heterocycles. The van der Waals surface area contributed by atoms with Gasteiger partial charge in [-0.1, -0.05) is 36.2 Å². The third-order valence-corrected chi connectivity index (χ3v) is 4.74. The number of benzene rings is 1. The summed E-state index contributed by atoms with van der Waals surface area (Å²) in [6.45, 7) is 4.00. The SMILES string of the molecule is CCNC(c1ccn(Cc2ccc(Cl)c(Cl)c2)c1)C1CC1. The van der Waals surface area contributed by atoms with Gasteiger partial charge in [0.2, 0.25) is 0 Å². The highest BCUT2D eigenvalue weighted by atomic mass is 35.5. The van der Waals surface area contributed by atoms with Crippen molar-refractivity contribution >= 4 is 23.2 Å². The van der Waals surface area contributed by atoms with Gasteiger partial charge in [0, 0.05) is 25.0 Å². The van der Waals surface area contributed by atoms with Crippen LogP contribution < -0.4 is 5.32 Å². The van der Waals surface area contributed by atoms with Crippen molar-refractivity contribution in [3.8, 4) is 0 Å². The standard InChI is InChI=1S/C17H20Cl2N2/c1-2-20-17(13-4-5-13)14-7-8-21(11-14)10-12-3-6-15(18)16(19)9-12/h3,6-9,11,13,17,20H,2,4-5,10H2,1H3. The van der Waals surface area contributed by atoms with E-state index in [0.717, 1.165) is 24.6 Å². The Kier molecular flexibility index (Phi) is 4.58. The molecule has 0 bridgehead atoms. The van der Waals surface area contributed by atoms with Crippen molar-refractivity contribution in [3.05, 3.63) is 57.8 Å². The molecule has 1 unspecified atom stereocenters. The lowest BCUT2D eigenvalue weighted by Gasteiger charge is -2.15. The van der Waals surface area contributed by atoms with Crippen LogP contribution in [-0.2, 0) is 6.54 Å². The molecule has 1 aromatic carbocycles. The number of hydrogen-bond donors (Lipinski definition) is 1. The Labute approximate surface area is 136 Å². The molecule has 1 saturated carbocycles. The minimum Gasteiger partial charge on any atom is -0.350 e. The van der Waals surface area contributed by atoms with Crippen LogP contribution in [0.3, 0.4) is 0 Å². The van der Waals surface area contributed by atoms with E-state index in [9.17, 15) is 0 Å². The Morgan fingerprint density at radius 3 is 2.71 bits per heavy atom. The van der Waals surface area contributed by atoms with Crippen LogP contribution in [0.1, 0.15) is 36.9 Å². The summed E-state index contributed by atoms with van der Waals surface area (Å²) in [5, 5.41) is 4.82. The van der Waals surface area contributed by atoms with Gasteiger partial charge in [-0.3, -0.25) is 0 Å². The summed E-state index contributed by atoms with van der Waals surface area (Å²) in [5.41, 5.74) is 2.55. The summed E-state index contributed by atoms with van der Waals surface area (Å²) < 4.78 is 2.21. The molecule has 0 amide bonds. The Balaban J connectivity index is 1.73. The summed E-state index contributed by atoms with van der Waals surface area (Å²) in [6, 6.07) is 8.55. The van der Waals surface area contributed by atoms with Gasteiger partial charge in [0.05, 0.1) is 10.0 Å². The predicted octanol–water partition coefficient (Wildman–Crippen LogP) is 4.90. The number of nitrogens with zero attached hydrogens (tertiary/aromatic N) is 1. The lowest BCUT2D eigenvalue weighted by atomic mass is 10.1. The van der Waals surface area contributed by atoms with Crippen molar-refractivity contribution in [1.29, 1.82) is 0 Å². The molecular formula is C17H20Cl2N2. The fourth-order valence-corrected chi connectivity index (χ4v) is 3.12. The van der Waals surface area contributed by atoms with Crippen molar-refractivity contribution < 1.29 is 0 Å². The second kappa shape index (κ2) is 6.43. The molecular weight excluding hydrogens is 303 g/mol. The first kappa shape index (κ1) is 15.0. The Hall–Kier alpha value is -0.960. The first-order valence-electron chi connectivity index (χ1n) is 7.50. The molecule has 0 aliphatic heterocycles. The number of hydrogen-bond acceptors (Lipinski definition) is 1. The van der Waals surface area contributed by atoms with Crippen LogP contribution in [0.25, 0.3) is 0 Å². The molecule has 1 aliphatic rings. The van der Waals surface area contributed by atoms with Crippen LogP contribution in [0.2, 0.25) is 10.0 Å². The van der Waals surface area contributed by atoms with Crippen molar-refractivity contribution in [1.82, 2.24) is 9.88 Å². The van der Waals surface area contributed by atoms with E-state index in [1.54, 1.807) is 0 Å². The highest BCUT2D eigenvalue weighted by Crippen LogP contribution is 2.41. The van der Waals surface area contributed by atoms with Gasteiger partial charge >= 0.3 is 0 Å². The predicted molar refractivity (Wildman–Crippen MR) is 89.1 cm³/mol. The van der Waals surface area contributed by atoms with E-state index >= 15 is 0 Å². The highest BCUT2D eigenvalue weighted by Gasteiger charge is 2.31. The average Bonchev–Trinajstić information content (AvgIpc) is 3.20. The van der Waals surface area contributed by atoms with Crippen LogP contribution in [0, 0.1) is 5.92 Å². The number of aromatic nitrogens is 1. The van der Waals surface area contributed by atoms with E-state index in [2.05, 4.69) is 35.3 Å². The summed E-state index contributed by atoms with van der Waals surface area (Å²) in [5.74, 6) is 0.811. The van der Waals surface area contributed by atoms with Gasteiger partial charge in [-0.15, -0.1) is 0 Å². The smallest absolute Gasteiger partial charge is 0.0595 e. The second-order valence-corrected chi connectivity index (χ2v) is 6.55. The van der Waals surface area contributed by atoms with Gasteiger partial charge in [-0.2, -0.15) is 0 Å². The maximum atomic E-state index is 6.08. The average molecular weight is 323 g/mol. The molecule has 0 saturated heterocycles. The lowest BCUT2D eigenvalue weighted by molar-refractivity contribution is 0.495. The van der Waals surface area contributed by atoms with Crippen molar-refractivity contribution in [3.63, 3.8) is 0 Å². The maximum Gasteiger partial charge on any atom is 0.0595 e. The molecule has 2 nitrogen and oxygen atoms in total. The van der Waals surface area contributed by atoms with Gasteiger partial charge in [0.1, 0.15) is 0 Å². The largest absolute Gasteiger partial charge is 0.350 e. The van der Waals surface area contributed by atoms with E-state index < -0.39 is 0 Å². The molecule has 3 rings (SSSR count). The Morgan fingerprint density at radius 1 is 1.24 bits per heavy atom. The van der Waals surface area contributed by atoms with Crippen molar-refractivity contribution in [2.45, 2.75) is 32.4 Å². The van der Waals surface area contributed by atoms with Crippen LogP contribution in [0.4, 0.5) is 0 Å². The lowest BCUT2D eigenvalue weighted by Crippen LogP contribution is -2.22. The number of rotatable bonds is 6. The second-order valence-electron chi connectivity index (χ2n) is 5.74. The zero-order valence-electron chi connectivity index (χ0n) is 12.2. The maximum absolute atomic E-state index is 6.08. The molecule has 1 aliphatic carbocycles.